The van der Waals surface area contributed by atoms with Crippen LogP contribution < -0.4 is 5.73 Å². The third kappa shape index (κ3) is 2.11. The van der Waals surface area contributed by atoms with Gasteiger partial charge in [0.15, 0.2) is 0 Å². The number of carboxylic acids is 1. The smallest absolute Gasteiger partial charge is 0.346 e. The third-order valence-corrected chi connectivity index (χ3v) is 3.38. The Morgan fingerprint density at radius 2 is 2.12 bits per heavy atom. The van der Waals surface area contributed by atoms with Gasteiger partial charge < -0.3 is 10.8 Å². The van der Waals surface area contributed by atoms with Crippen molar-refractivity contribution >= 4 is 34.6 Å². The van der Waals surface area contributed by atoms with Crippen molar-refractivity contribution in [2.75, 3.05) is 5.73 Å². The van der Waals surface area contributed by atoms with Crippen molar-refractivity contribution in [1.29, 1.82) is 0 Å². The van der Waals surface area contributed by atoms with E-state index in [1.165, 1.54) is 18.2 Å². The molecular formula is C11H7ClFNO2S. The molecule has 6 heteroatoms. The number of hydrogen-bond acceptors (Lipinski definition) is 3. The van der Waals surface area contributed by atoms with Gasteiger partial charge in [-0.05, 0) is 23.6 Å². The first-order chi connectivity index (χ1) is 8.00. The molecule has 0 fully saturated rings. The number of nitrogen functional groups attached to an aromatic ring is 1. The maximum atomic E-state index is 13.8. The number of rotatable bonds is 2. The first kappa shape index (κ1) is 11.9. The third-order valence-electron chi connectivity index (χ3n) is 2.20. The molecule has 3 N–H and O–H groups in total. The van der Waals surface area contributed by atoms with Crippen molar-refractivity contribution in [1.82, 2.24) is 0 Å². The summed E-state index contributed by atoms with van der Waals surface area (Å²) in [4.78, 5) is 11.0. The van der Waals surface area contributed by atoms with Gasteiger partial charge in [-0.25, -0.2) is 9.18 Å². The number of carbonyl (C=O) groups is 1. The van der Waals surface area contributed by atoms with E-state index in [0.29, 0.717) is 0 Å². The zero-order valence-corrected chi connectivity index (χ0v) is 9.98. The van der Waals surface area contributed by atoms with Crippen molar-refractivity contribution in [3.8, 4) is 11.1 Å². The second-order valence-electron chi connectivity index (χ2n) is 3.33. The lowest BCUT2D eigenvalue weighted by Crippen LogP contribution is -1.97. The van der Waals surface area contributed by atoms with Crippen molar-refractivity contribution in [3.05, 3.63) is 39.3 Å². The van der Waals surface area contributed by atoms with E-state index in [-0.39, 0.29) is 26.7 Å². The Labute approximate surface area is 105 Å². The van der Waals surface area contributed by atoms with Crippen molar-refractivity contribution in [3.63, 3.8) is 0 Å². The van der Waals surface area contributed by atoms with E-state index < -0.39 is 11.8 Å². The number of thiophene rings is 1. The van der Waals surface area contributed by atoms with Gasteiger partial charge in [0, 0.05) is 16.8 Å². The fourth-order valence-corrected chi connectivity index (χ4v) is 2.47. The summed E-state index contributed by atoms with van der Waals surface area (Å²) in [6.45, 7) is 0. The minimum absolute atomic E-state index is 0.0607. The molecule has 0 aliphatic heterocycles. The molecular weight excluding hydrogens is 265 g/mol. The largest absolute Gasteiger partial charge is 0.477 e. The summed E-state index contributed by atoms with van der Waals surface area (Å²) >= 11 is 6.69. The average Bonchev–Trinajstić information content (AvgIpc) is 2.72. The quantitative estimate of drug-likeness (QED) is 0.822. The van der Waals surface area contributed by atoms with Gasteiger partial charge in [-0.15, -0.1) is 11.3 Å². The summed E-state index contributed by atoms with van der Waals surface area (Å²) in [6, 6.07) is 4.19. The van der Waals surface area contributed by atoms with Gasteiger partial charge in [0.25, 0.3) is 0 Å². The molecule has 2 aromatic rings. The van der Waals surface area contributed by atoms with Crippen LogP contribution in [-0.4, -0.2) is 11.1 Å². The van der Waals surface area contributed by atoms with Gasteiger partial charge in [-0.2, -0.15) is 0 Å². The zero-order chi connectivity index (χ0) is 12.6. The maximum absolute atomic E-state index is 13.8. The molecule has 2 rings (SSSR count). The highest BCUT2D eigenvalue weighted by Gasteiger charge is 2.18. The van der Waals surface area contributed by atoms with Crippen LogP contribution in [-0.2, 0) is 0 Å². The molecule has 1 aromatic heterocycles. The summed E-state index contributed by atoms with van der Waals surface area (Å²) in [5.41, 5.74) is 6.24. The highest BCUT2D eigenvalue weighted by atomic mass is 35.5. The Hall–Kier alpha value is -1.59. The van der Waals surface area contributed by atoms with E-state index in [1.807, 2.05) is 0 Å². The minimum atomic E-state index is -1.10. The predicted octanol–water partition coefficient (Wildman–Crippen LogP) is 3.49. The summed E-state index contributed by atoms with van der Waals surface area (Å²) in [5.74, 6) is -1.77. The monoisotopic (exact) mass is 271 g/mol. The molecule has 0 aliphatic carbocycles. The number of anilines is 1. The fraction of sp³-hybridized carbons (Fsp3) is 0. The topological polar surface area (TPSA) is 63.3 Å². The standard InChI is InChI=1S/C11H7ClFNO2S/c12-8-4-5(14)3-7(9(8)13)6-1-2-17-10(6)11(15)16/h1-4H,14H2,(H,15,16). The number of benzene rings is 1. The second kappa shape index (κ2) is 4.35. The van der Waals surface area contributed by atoms with Crippen molar-refractivity contribution in [2.24, 2.45) is 0 Å². The molecule has 0 aliphatic rings. The molecule has 3 nitrogen and oxygen atoms in total. The maximum Gasteiger partial charge on any atom is 0.346 e. The molecule has 0 spiro atoms. The first-order valence-corrected chi connectivity index (χ1v) is 5.82. The lowest BCUT2D eigenvalue weighted by atomic mass is 10.1. The SMILES string of the molecule is Nc1cc(Cl)c(F)c(-c2ccsc2C(=O)O)c1. The van der Waals surface area contributed by atoms with Crippen molar-refractivity contribution < 1.29 is 14.3 Å². The van der Waals surface area contributed by atoms with E-state index in [0.717, 1.165) is 11.3 Å². The van der Waals surface area contributed by atoms with Gasteiger partial charge in [-0.3, -0.25) is 0 Å². The fourth-order valence-electron chi connectivity index (χ4n) is 1.49. The normalized spacial score (nSPS) is 10.5. The Morgan fingerprint density at radius 1 is 1.41 bits per heavy atom. The van der Waals surface area contributed by atoms with E-state index >= 15 is 0 Å². The van der Waals surface area contributed by atoms with Crippen LogP contribution in [0.2, 0.25) is 5.02 Å². The highest BCUT2D eigenvalue weighted by Crippen LogP contribution is 2.34. The van der Waals surface area contributed by atoms with Crippen LogP contribution in [0.15, 0.2) is 23.6 Å². The summed E-state index contributed by atoms with van der Waals surface area (Å²) < 4.78 is 13.8. The van der Waals surface area contributed by atoms with Crippen LogP contribution in [0.4, 0.5) is 10.1 Å². The molecule has 0 radical (unpaired) electrons. The van der Waals surface area contributed by atoms with Crippen molar-refractivity contribution in [2.45, 2.75) is 0 Å². The van der Waals surface area contributed by atoms with Crippen LogP contribution in [0.5, 0.6) is 0 Å². The van der Waals surface area contributed by atoms with Gasteiger partial charge in [0.05, 0.1) is 5.02 Å². The molecule has 0 saturated heterocycles. The van der Waals surface area contributed by atoms with Gasteiger partial charge in [-0.1, -0.05) is 11.6 Å². The number of hydrogen-bond donors (Lipinski definition) is 2. The Bertz CT molecular complexity index is 597. The van der Waals surface area contributed by atoms with Crippen LogP contribution in [0.3, 0.4) is 0 Å². The van der Waals surface area contributed by atoms with Gasteiger partial charge >= 0.3 is 5.97 Å². The number of halogens is 2. The summed E-state index contributed by atoms with van der Waals surface area (Å²) in [6.07, 6.45) is 0. The molecule has 0 saturated carbocycles. The van der Waals surface area contributed by atoms with Gasteiger partial charge in [0.2, 0.25) is 0 Å². The van der Waals surface area contributed by atoms with Crippen LogP contribution >= 0.6 is 22.9 Å². The van der Waals surface area contributed by atoms with Crippen LogP contribution in [0, 0.1) is 5.82 Å². The Balaban J connectivity index is 2.68. The van der Waals surface area contributed by atoms with Gasteiger partial charge in [0.1, 0.15) is 10.7 Å². The molecule has 1 aromatic carbocycles. The molecule has 0 unspecified atom stereocenters. The highest BCUT2D eigenvalue weighted by molar-refractivity contribution is 7.12. The molecule has 17 heavy (non-hydrogen) atoms. The summed E-state index contributed by atoms with van der Waals surface area (Å²) in [5, 5.41) is 10.4. The van der Waals surface area contributed by atoms with E-state index in [4.69, 9.17) is 22.4 Å². The summed E-state index contributed by atoms with van der Waals surface area (Å²) in [7, 11) is 0. The number of nitrogens with two attached hydrogens (primary N) is 1. The predicted molar refractivity (Wildman–Crippen MR) is 66.1 cm³/mol. The second-order valence-corrected chi connectivity index (χ2v) is 4.66. The van der Waals surface area contributed by atoms with E-state index in [1.54, 1.807) is 5.38 Å². The lowest BCUT2D eigenvalue weighted by molar-refractivity contribution is 0.0703. The zero-order valence-electron chi connectivity index (χ0n) is 8.41. The first-order valence-electron chi connectivity index (χ1n) is 4.56. The van der Waals surface area contributed by atoms with Crippen LogP contribution in [0.25, 0.3) is 11.1 Å². The molecule has 0 bridgehead atoms. The Kier molecular flexibility index (Phi) is 3.04. The van der Waals surface area contributed by atoms with E-state index in [9.17, 15) is 9.18 Å². The molecule has 88 valence electrons. The Morgan fingerprint density at radius 3 is 2.76 bits per heavy atom. The number of carboxylic acid groups (broad SMARTS) is 1. The van der Waals surface area contributed by atoms with Crippen LogP contribution in [0.1, 0.15) is 9.67 Å². The molecule has 0 atom stereocenters. The average molecular weight is 272 g/mol. The molecule has 1 heterocycles. The van der Waals surface area contributed by atoms with E-state index in [2.05, 4.69) is 0 Å². The molecule has 0 amide bonds. The number of aromatic carboxylic acids is 1. The lowest BCUT2D eigenvalue weighted by Gasteiger charge is -2.06. The minimum Gasteiger partial charge on any atom is -0.477 e.